The first kappa shape index (κ1) is 10.5. The Labute approximate surface area is 79.5 Å². The molecule has 13 heavy (non-hydrogen) atoms. The van der Waals surface area contributed by atoms with Crippen LogP contribution in [0.2, 0.25) is 0 Å². The zero-order valence-corrected chi connectivity index (χ0v) is 8.47. The molecular formula is C10H19NO2. The molecule has 0 aromatic heterocycles. The molecule has 0 bridgehead atoms. The Morgan fingerprint density at radius 1 is 1.46 bits per heavy atom. The molecule has 1 fully saturated rings. The summed E-state index contributed by atoms with van der Waals surface area (Å²) in [6.07, 6.45) is 3.61. The highest BCUT2D eigenvalue weighted by molar-refractivity contribution is 5.81. The van der Waals surface area contributed by atoms with Crippen LogP contribution in [0, 0.1) is 5.92 Å². The molecule has 76 valence electrons. The first-order chi connectivity index (χ1) is 6.17. The first-order valence-corrected chi connectivity index (χ1v) is 5.10. The van der Waals surface area contributed by atoms with Crippen molar-refractivity contribution >= 4 is 5.91 Å². The van der Waals surface area contributed by atoms with Crippen LogP contribution in [0.4, 0.5) is 0 Å². The lowest BCUT2D eigenvalue weighted by atomic mass is 9.93. The maximum absolute atomic E-state index is 11.5. The predicted octanol–water partition coefficient (Wildman–Crippen LogP) is 1.06. The molecule has 0 saturated heterocycles. The Kier molecular flexibility index (Phi) is 3.31. The quantitative estimate of drug-likeness (QED) is 0.673. The summed E-state index contributed by atoms with van der Waals surface area (Å²) >= 11 is 0. The molecule has 0 atom stereocenters. The number of rotatable bonds is 5. The van der Waals surface area contributed by atoms with Gasteiger partial charge in [-0.05, 0) is 25.7 Å². The van der Waals surface area contributed by atoms with Gasteiger partial charge in [-0.1, -0.05) is 13.8 Å². The van der Waals surface area contributed by atoms with Gasteiger partial charge in [-0.3, -0.25) is 4.79 Å². The van der Waals surface area contributed by atoms with E-state index >= 15 is 0 Å². The van der Waals surface area contributed by atoms with Crippen molar-refractivity contribution in [1.82, 2.24) is 5.32 Å². The topological polar surface area (TPSA) is 49.3 Å². The monoisotopic (exact) mass is 185 g/mol. The van der Waals surface area contributed by atoms with Gasteiger partial charge in [-0.25, -0.2) is 0 Å². The van der Waals surface area contributed by atoms with E-state index in [0.717, 1.165) is 25.7 Å². The molecule has 0 radical (unpaired) electrons. The van der Waals surface area contributed by atoms with E-state index in [1.54, 1.807) is 0 Å². The predicted molar refractivity (Wildman–Crippen MR) is 51.3 cm³/mol. The molecule has 1 aliphatic rings. The number of aliphatic hydroxyl groups is 1. The second-order valence-corrected chi connectivity index (χ2v) is 3.91. The Hall–Kier alpha value is -0.570. The minimum Gasteiger partial charge on any atom is -0.394 e. The van der Waals surface area contributed by atoms with Gasteiger partial charge in [0.15, 0.2) is 0 Å². The minimum absolute atomic E-state index is 0.0401. The zero-order chi connectivity index (χ0) is 9.90. The van der Waals surface area contributed by atoms with Crippen LogP contribution in [0.5, 0.6) is 0 Å². The number of hydrogen-bond acceptors (Lipinski definition) is 2. The molecule has 0 aromatic carbocycles. The van der Waals surface area contributed by atoms with E-state index in [4.69, 9.17) is 0 Å². The molecule has 1 amide bonds. The van der Waals surface area contributed by atoms with Crippen LogP contribution >= 0.6 is 0 Å². The fraction of sp³-hybridized carbons (Fsp3) is 0.900. The number of carbonyl (C=O) groups excluding carboxylic acids is 1. The van der Waals surface area contributed by atoms with Crippen molar-refractivity contribution in [2.75, 3.05) is 6.61 Å². The van der Waals surface area contributed by atoms with Crippen molar-refractivity contribution in [2.24, 2.45) is 5.92 Å². The molecule has 2 N–H and O–H groups in total. The third kappa shape index (κ3) is 2.44. The van der Waals surface area contributed by atoms with Gasteiger partial charge in [0.25, 0.3) is 0 Å². The van der Waals surface area contributed by atoms with Gasteiger partial charge < -0.3 is 10.4 Å². The van der Waals surface area contributed by atoms with E-state index < -0.39 is 0 Å². The summed E-state index contributed by atoms with van der Waals surface area (Å²) < 4.78 is 0. The lowest BCUT2D eigenvalue weighted by Gasteiger charge is -2.30. The second kappa shape index (κ2) is 4.09. The molecule has 3 nitrogen and oxygen atoms in total. The number of hydrogen-bond donors (Lipinski definition) is 2. The minimum atomic E-state index is -0.375. The number of amides is 1. The van der Waals surface area contributed by atoms with E-state index in [2.05, 4.69) is 5.32 Å². The Bertz CT molecular complexity index is 175. The largest absolute Gasteiger partial charge is 0.394 e. The molecule has 0 aromatic rings. The smallest absolute Gasteiger partial charge is 0.223 e. The van der Waals surface area contributed by atoms with Gasteiger partial charge in [0.1, 0.15) is 0 Å². The van der Waals surface area contributed by atoms with E-state index in [0.29, 0.717) is 0 Å². The molecule has 3 heteroatoms. The van der Waals surface area contributed by atoms with E-state index in [-0.39, 0.29) is 24.0 Å². The van der Waals surface area contributed by atoms with Crippen molar-refractivity contribution in [3.05, 3.63) is 0 Å². The fourth-order valence-corrected chi connectivity index (χ4v) is 1.40. The maximum atomic E-state index is 11.5. The van der Waals surface area contributed by atoms with Crippen LogP contribution in [-0.4, -0.2) is 23.2 Å². The number of aliphatic hydroxyl groups excluding tert-OH is 1. The highest BCUT2D eigenvalue weighted by Crippen LogP contribution is 2.30. The molecule has 1 aliphatic carbocycles. The summed E-state index contributed by atoms with van der Waals surface area (Å²) in [5.41, 5.74) is -0.375. The van der Waals surface area contributed by atoms with Crippen molar-refractivity contribution in [1.29, 1.82) is 0 Å². The van der Waals surface area contributed by atoms with E-state index in [9.17, 15) is 9.90 Å². The van der Waals surface area contributed by atoms with Gasteiger partial charge >= 0.3 is 0 Å². The summed E-state index contributed by atoms with van der Waals surface area (Å²) in [6, 6.07) is 0. The Morgan fingerprint density at radius 2 is 2.00 bits per heavy atom. The zero-order valence-electron chi connectivity index (χ0n) is 8.47. The van der Waals surface area contributed by atoms with E-state index in [1.165, 1.54) is 0 Å². The molecule has 1 saturated carbocycles. The maximum Gasteiger partial charge on any atom is 0.223 e. The normalized spacial score (nSPS) is 17.2. The van der Waals surface area contributed by atoms with Crippen LogP contribution in [0.25, 0.3) is 0 Å². The third-order valence-electron chi connectivity index (χ3n) is 2.99. The van der Waals surface area contributed by atoms with Crippen LogP contribution in [0.15, 0.2) is 0 Å². The Morgan fingerprint density at radius 3 is 2.31 bits per heavy atom. The summed E-state index contributed by atoms with van der Waals surface area (Å²) in [5, 5.41) is 12.2. The van der Waals surface area contributed by atoms with Gasteiger partial charge in [-0.15, -0.1) is 0 Å². The van der Waals surface area contributed by atoms with Gasteiger partial charge in [0.2, 0.25) is 5.91 Å². The number of nitrogens with one attached hydrogen (secondary N) is 1. The number of carbonyl (C=O) groups is 1. The van der Waals surface area contributed by atoms with Crippen molar-refractivity contribution in [3.63, 3.8) is 0 Å². The summed E-state index contributed by atoms with van der Waals surface area (Å²) in [4.78, 5) is 11.5. The van der Waals surface area contributed by atoms with E-state index in [1.807, 2.05) is 13.8 Å². The summed E-state index contributed by atoms with van der Waals surface area (Å²) in [7, 11) is 0. The van der Waals surface area contributed by atoms with Crippen LogP contribution in [0.3, 0.4) is 0 Å². The molecule has 0 aliphatic heterocycles. The van der Waals surface area contributed by atoms with Gasteiger partial charge in [0, 0.05) is 5.92 Å². The lowest BCUT2D eigenvalue weighted by Crippen LogP contribution is -2.51. The highest BCUT2D eigenvalue weighted by Gasteiger charge is 2.35. The second-order valence-electron chi connectivity index (χ2n) is 3.91. The van der Waals surface area contributed by atoms with Crippen molar-refractivity contribution < 1.29 is 9.90 Å². The Balaban J connectivity index is 2.49. The molecular weight excluding hydrogens is 166 g/mol. The molecule has 1 rings (SSSR count). The molecule has 0 spiro atoms. The fourth-order valence-electron chi connectivity index (χ4n) is 1.40. The molecule has 0 unspecified atom stereocenters. The standard InChI is InChI=1S/C10H19NO2/c1-3-10(4-2,7-12)11-9(13)8-5-6-8/h8,12H,3-7H2,1-2H3,(H,11,13). The first-order valence-electron chi connectivity index (χ1n) is 5.10. The van der Waals surface area contributed by atoms with Crippen molar-refractivity contribution in [2.45, 2.75) is 45.1 Å². The van der Waals surface area contributed by atoms with Gasteiger partial charge in [0.05, 0.1) is 12.1 Å². The average molecular weight is 185 g/mol. The van der Waals surface area contributed by atoms with Crippen molar-refractivity contribution in [3.8, 4) is 0 Å². The van der Waals surface area contributed by atoms with Crippen LogP contribution < -0.4 is 5.32 Å². The lowest BCUT2D eigenvalue weighted by molar-refractivity contribution is -0.125. The third-order valence-corrected chi connectivity index (χ3v) is 2.99. The van der Waals surface area contributed by atoms with Gasteiger partial charge in [-0.2, -0.15) is 0 Å². The average Bonchev–Trinajstić information content (AvgIpc) is 2.97. The summed E-state index contributed by atoms with van der Waals surface area (Å²) in [5.74, 6) is 0.349. The SMILES string of the molecule is CCC(CC)(CO)NC(=O)C1CC1. The highest BCUT2D eigenvalue weighted by atomic mass is 16.3. The summed E-state index contributed by atoms with van der Waals surface area (Å²) in [6.45, 7) is 4.03. The van der Waals surface area contributed by atoms with Crippen LogP contribution in [-0.2, 0) is 4.79 Å². The molecule has 0 heterocycles. The van der Waals surface area contributed by atoms with Crippen LogP contribution in [0.1, 0.15) is 39.5 Å².